The van der Waals surface area contributed by atoms with Crippen molar-refractivity contribution in [2.45, 2.75) is 31.0 Å². The Morgan fingerprint density at radius 3 is 2.69 bits per heavy atom. The third kappa shape index (κ3) is 3.97. The van der Waals surface area contributed by atoms with Crippen molar-refractivity contribution in [2.75, 3.05) is 19.8 Å². The molecule has 1 rings (SSSR count). The molecule has 0 bridgehead atoms. The van der Waals surface area contributed by atoms with E-state index in [1.54, 1.807) is 0 Å². The maximum atomic E-state index is 11.8. The molecule has 1 saturated heterocycles. The van der Waals surface area contributed by atoms with Crippen molar-refractivity contribution in [3.05, 3.63) is 0 Å². The molecule has 4 nitrogen and oxygen atoms in total. The summed E-state index contributed by atoms with van der Waals surface area (Å²) in [5.41, 5.74) is 4.64. The lowest BCUT2D eigenvalue weighted by molar-refractivity contribution is -0.136. The quantitative estimate of drug-likeness (QED) is 0.706. The van der Waals surface area contributed by atoms with E-state index in [1.165, 1.54) is 0 Å². The number of ether oxygens (including phenoxy) is 1. The summed E-state index contributed by atoms with van der Waals surface area (Å²) in [4.78, 5) is 11.5. The predicted octanol–water partition coefficient (Wildman–Crippen LogP) is 0.563. The zero-order chi connectivity index (χ0) is 12.2. The zero-order valence-electron chi connectivity index (χ0n) is 8.77. The molecule has 16 heavy (non-hydrogen) atoms. The fourth-order valence-electron chi connectivity index (χ4n) is 1.43. The minimum atomic E-state index is -4.18. The van der Waals surface area contributed by atoms with Crippen molar-refractivity contribution in [2.24, 2.45) is 5.73 Å². The summed E-state index contributed by atoms with van der Waals surface area (Å²) in [5.74, 6) is -0.438. The summed E-state index contributed by atoms with van der Waals surface area (Å²) >= 11 is 0. The normalized spacial score (nSPS) is 25.8. The number of carbonyl (C=O) groups is 1. The van der Waals surface area contributed by atoms with Crippen LogP contribution in [-0.4, -0.2) is 37.4 Å². The molecule has 0 aromatic heterocycles. The highest BCUT2D eigenvalue weighted by Gasteiger charge is 2.38. The Balaban J connectivity index is 2.20. The highest BCUT2D eigenvalue weighted by molar-refractivity contribution is 5.86. The summed E-state index contributed by atoms with van der Waals surface area (Å²) in [6.45, 7) is 0.516. The van der Waals surface area contributed by atoms with Crippen molar-refractivity contribution in [3.63, 3.8) is 0 Å². The molecule has 94 valence electrons. The van der Waals surface area contributed by atoms with E-state index < -0.39 is 24.0 Å². The molecule has 1 atom stereocenters. The summed E-state index contributed by atoms with van der Waals surface area (Å²) < 4.78 is 40.4. The molecule has 0 radical (unpaired) electrons. The fraction of sp³-hybridized carbons (Fsp3) is 0.889. The van der Waals surface area contributed by atoms with Crippen molar-refractivity contribution in [1.29, 1.82) is 0 Å². The van der Waals surface area contributed by atoms with Crippen molar-refractivity contribution < 1.29 is 22.7 Å². The van der Waals surface area contributed by atoms with Gasteiger partial charge >= 0.3 is 6.18 Å². The minimum Gasteiger partial charge on any atom is -0.379 e. The van der Waals surface area contributed by atoms with Crippen LogP contribution in [0.25, 0.3) is 0 Å². The number of halogens is 3. The van der Waals surface area contributed by atoms with E-state index in [-0.39, 0.29) is 19.6 Å². The van der Waals surface area contributed by atoms with Gasteiger partial charge in [0.15, 0.2) is 0 Å². The first-order valence-corrected chi connectivity index (χ1v) is 5.05. The third-order valence-electron chi connectivity index (χ3n) is 2.43. The van der Waals surface area contributed by atoms with Crippen LogP contribution in [0.15, 0.2) is 0 Å². The van der Waals surface area contributed by atoms with Gasteiger partial charge in [0.2, 0.25) is 5.91 Å². The number of nitrogens with two attached hydrogens (primary N) is 1. The molecule has 0 aromatic rings. The predicted molar refractivity (Wildman–Crippen MR) is 50.7 cm³/mol. The van der Waals surface area contributed by atoms with Gasteiger partial charge in [-0.2, -0.15) is 13.2 Å². The van der Waals surface area contributed by atoms with Crippen LogP contribution in [0.1, 0.15) is 19.3 Å². The molecule has 0 aromatic carbocycles. The summed E-state index contributed by atoms with van der Waals surface area (Å²) in [5, 5.41) is 2.39. The second kappa shape index (κ2) is 5.01. The van der Waals surface area contributed by atoms with Gasteiger partial charge in [-0.3, -0.25) is 4.79 Å². The average molecular weight is 240 g/mol. The maximum absolute atomic E-state index is 11.8. The molecule has 1 fully saturated rings. The molecule has 7 heteroatoms. The second-order valence-corrected chi connectivity index (χ2v) is 3.93. The molecule has 1 aliphatic rings. The SMILES string of the molecule is NC1(C(=O)NCCCC(F)(F)F)CCOC1. The smallest absolute Gasteiger partial charge is 0.379 e. The van der Waals surface area contributed by atoms with Crippen LogP contribution in [-0.2, 0) is 9.53 Å². The second-order valence-electron chi connectivity index (χ2n) is 3.93. The molecule has 0 aliphatic carbocycles. The fourth-order valence-corrected chi connectivity index (χ4v) is 1.43. The largest absolute Gasteiger partial charge is 0.389 e. The van der Waals surface area contributed by atoms with Crippen molar-refractivity contribution >= 4 is 5.91 Å². The molecule has 1 aliphatic heterocycles. The Morgan fingerprint density at radius 1 is 1.50 bits per heavy atom. The van der Waals surface area contributed by atoms with E-state index >= 15 is 0 Å². The van der Waals surface area contributed by atoms with Gasteiger partial charge < -0.3 is 15.8 Å². The minimum absolute atomic E-state index is 0.0166. The highest BCUT2D eigenvalue weighted by Crippen LogP contribution is 2.21. The topological polar surface area (TPSA) is 64.4 Å². The van der Waals surface area contributed by atoms with E-state index in [4.69, 9.17) is 10.5 Å². The molecule has 0 saturated carbocycles. The average Bonchev–Trinajstić information content (AvgIpc) is 2.59. The van der Waals surface area contributed by atoms with Crippen LogP contribution in [0, 0.1) is 0 Å². The van der Waals surface area contributed by atoms with Crippen LogP contribution in [0.5, 0.6) is 0 Å². The highest BCUT2D eigenvalue weighted by atomic mass is 19.4. The van der Waals surface area contributed by atoms with E-state index in [0.717, 1.165) is 0 Å². The molecule has 1 unspecified atom stereocenters. The Labute approximate surface area is 91.3 Å². The molecule has 0 spiro atoms. The summed E-state index contributed by atoms with van der Waals surface area (Å²) in [7, 11) is 0. The molecular weight excluding hydrogens is 225 g/mol. The van der Waals surface area contributed by atoms with Crippen molar-refractivity contribution in [1.82, 2.24) is 5.32 Å². The molecule has 1 heterocycles. The van der Waals surface area contributed by atoms with Gasteiger partial charge in [-0.15, -0.1) is 0 Å². The third-order valence-corrected chi connectivity index (χ3v) is 2.43. The lowest BCUT2D eigenvalue weighted by Gasteiger charge is -2.20. The lowest BCUT2D eigenvalue weighted by atomic mass is 9.99. The Hall–Kier alpha value is -0.820. The number of nitrogens with one attached hydrogen (secondary N) is 1. The first-order valence-electron chi connectivity index (χ1n) is 5.05. The maximum Gasteiger partial charge on any atom is 0.389 e. The Bertz CT molecular complexity index is 250. The van der Waals surface area contributed by atoms with Gasteiger partial charge in [-0.25, -0.2) is 0 Å². The van der Waals surface area contributed by atoms with Crippen molar-refractivity contribution in [3.8, 4) is 0 Å². The number of carbonyl (C=O) groups excluding carboxylic acids is 1. The van der Waals surface area contributed by atoms with Gasteiger partial charge in [-0.05, 0) is 12.8 Å². The van der Waals surface area contributed by atoms with Gasteiger partial charge in [0, 0.05) is 19.6 Å². The lowest BCUT2D eigenvalue weighted by Crippen LogP contribution is -2.54. The van der Waals surface area contributed by atoms with Crippen LogP contribution in [0.3, 0.4) is 0 Å². The number of alkyl halides is 3. The van der Waals surface area contributed by atoms with E-state index in [2.05, 4.69) is 5.32 Å². The summed E-state index contributed by atoms with van der Waals surface area (Å²) in [6, 6.07) is 0. The van der Waals surface area contributed by atoms with Gasteiger partial charge in [0.25, 0.3) is 0 Å². The standard InChI is InChI=1S/C9H15F3N2O2/c10-9(11,12)2-1-4-14-7(15)8(13)3-5-16-6-8/h1-6,13H2,(H,14,15). The number of hydrogen-bond acceptors (Lipinski definition) is 3. The first kappa shape index (κ1) is 13.2. The Kier molecular flexibility index (Phi) is 4.15. The zero-order valence-corrected chi connectivity index (χ0v) is 8.77. The van der Waals surface area contributed by atoms with Gasteiger partial charge in [-0.1, -0.05) is 0 Å². The summed E-state index contributed by atoms with van der Waals surface area (Å²) in [6.07, 6.45) is -4.81. The van der Waals surface area contributed by atoms with E-state index in [0.29, 0.717) is 13.0 Å². The number of rotatable bonds is 4. The molecule has 1 amide bonds. The number of amides is 1. The molecule has 3 N–H and O–H groups in total. The van der Waals surface area contributed by atoms with Crippen LogP contribution >= 0.6 is 0 Å². The van der Waals surface area contributed by atoms with Crippen LogP contribution in [0.4, 0.5) is 13.2 Å². The monoisotopic (exact) mass is 240 g/mol. The first-order chi connectivity index (χ1) is 7.33. The van der Waals surface area contributed by atoms with Gasteiger partial charge in [0.05, 0.1) is 6.61 Å². The molecular formula is C9H15F3N2O2. The van der Waals surface area contributed by atoms with Crippen LogP contribution < -0.4 is 11.1 Å². The van der Waals surface area contributed by atoms with E-state index in [9.17, 15) is 18.0 Å². The Morgan fingerprint density at radius 2 is 2.19 bits per heavy atom. The van der Waals surface area contributed by atoms with E-state index in [1.807, 2.05) is 0 Å². The van der Waals surface area contributed by atoms with Crippen LogP contribution in [0.2, 0.25) is 0 Å². The van der Waals surface area contributed by atoms with Gasteiger partial charge in [0.1, 0.15) is 5.54 Å². The number of hydrogen-bond donors (Lipinski definition) is 2.